The first-order valence-corrected chi connectivity index (χ1v) is 23.4. The van der Waals surface area contributed by atoms with Crippen molar-refractivity contribution in [2.24, 2.45) is 0 Å². The molecule has 1 atom stereocenters. The highest BCUT2D eigenvalue weighted by Crippen LogP contribution is 2.53. The van der Waals surface area contributed by atoms with Gasteiger partial charge in [-0.25, -0.2) is 0 Å². The van der Waals surface area contributed by atoms with Gasteiger partial charge in [0.05, 0.1) is 0 Å². The second kappa shape index (κ2) is 13.7. The Bertz CT molecular complexity index is 3650. The fourth-order valence-electron chi connectivity index (χ4n) is 12.7. The molecule has 0 aliphatic heterocycles. The molecule has 0 bridgehead atoms. The maximum atomic E-state index is 2.56. The highest BCUT2D eigenvalue weighted by Gasteiger charge is 2.36. The van der Waals surface area contributed by atoms with E-state index in [-0.39, 0.29) is 11.3 Å². The number of rotatable bonds is 5. The second-order valence-corrected chi connectivity index (χ2v) is 19.5. The van der Waals surface area contributed by atoms with Crippen LogP contribution in [0.1, 0.15) is 81.0 Å². The van der Waals surface area contributed by atoms with E-state index < -0.39 is 0 Å². The molecule has 0 fully saturated rings. The molecule has 10 aromatic rings. The first kappa shape index (κ1) is 36.9. The van der Waals surface area contributed by atoms with Crippen molar-refractivity contribution in [1.82, 2.24) is 0 Å². The molecular weight excluding hydrogens is 781 g/mol. The van der Waals surface area contributed by atoms with Crippen LogP contribution in [0.3, 0.4) is 0 Å². The summed E-state index contributed by atoms with van der Waals surface area (Å²) in [5.74, 6) is 0.0584. The van der Waals surface area contributed by atoms with Crippen LogP contribution in [-0.4, -0.2) is 0 Å². The Balaban J connectivity index is 0.907. The normalized spacial score (nSPS) is 14.5. The summed E-state index contributed by atoms with van der Waals surface area (Å²) >= 11 is 0. The Morgan fingerprint density at radius 3 is 1.62 bits per heavy atom. The number of hydrogen-bond acceptors (Lipinski definition) is 0. The Hall–Kier alpha value is -7.54. The largest absolute Gasteiger partial charge is 0.0619 e. The minimum absolute atomic E-state index is 0.0584. The third-order valence-corrected chi connectivity index (χ3v) is 15.7. The predicted octanol–water partition coefficient (Wildman–Crippen LogP) is 16.4. The van der Waals surface area contributed by atoms with E-state index in [1.54, 1.807) is 0 Å². The highest BCUT2D eigenvalue weighted by atomic mass is 14.4. The van der Waals surface area contributed by atoms with Gasteiger partial charge in [-0.15, -0.1) is 0 Å². The fourth-order valence-corrected chi connectivity index (χ4v) is 12.7. The molecule has 0 saturated heterocycles. The molecule has 10 aromatic carbocycles. The van der Waals surface area contributed by atoms with Crippen molar-refractivity contribution in [1.29, 1.82) is 0 Å². The molecular formula is C65H46. The lowest BCUT2D eigenvalue weighted by Gasteiger charge is -2.25. The van der Waals surface area contributed by atoms with Crippen LogP contribution in [0.4, 0.5) is 0 Å². The average Bonchev–Trinajstić information content (AvgIpc) is 4.09. The lowest BCUT2D eigenvalue weighted by atomic mass is 9.78. The third-order valence-electron chi connectivity index (χ3n) is 15.7. The van der Waals surface area contributed by atoms with Crippen molar-refractivity contribution >= 4 is 10.8 Å². The molecule has 0 aromatic heterocycles. The van der Waals surface area contributed by atoms with Crippen LogP contribution in [-0.2, 0) is 24.7 Å². The molecule has 0 spiro atoms. The van der Waals surface area contributed by atoms with Crippen molar-refractivity contribution < 1.29 is 0 Å². The van der Waals surface area contributed by atoms with Crippen molar-refractivity contribution in [3.05, 3.63) is 261 Å². The van der Waals surface area contributed by atoms with Crippen LogP contribution in [0.25, 0.3) is 77.5 Å². The summed E-state index contributed by atoms with van der Waals surface area (Å²) in [6, 6.07) is 76.6. The molecule has 0 amide bonds. The molecule has 0 nitrogen and oxygen atoms in total. The van der Waals surface area contributed by atoms with E-state index in [0.29, 0.717) is 0 Å². The SMILES string of the molecule is CC1(C)c2ccccc2-c2ccc(C(c3ccc(-c4cccc5c4Cc4ccccc4-5)cc3)c3ccc4c(c3)Cc3c-4cc4ccccc4c3-c3cccc4c3Cc3ccccc3-4)cc21. The Labute approximate surface area is 381 Å². The van der Waals surface area contributed by atoms with E-state index in [4.69, 9.17) is 0 Å². The minimum atomic E-state index is -0.0847. The zero-order valence-electron chi connectivity index (χ0n) is 36.8. The zero-order valence-corrected chi connectivity index (χ0v) is 36.8. The van der Waals surface area contributed by atoms with Gasteiger partial charge < -0.3 is 0 Å². The topological polar surface area (TPSA) is 0 Å². The summed E-state index contributed by atoms with van der Waals surface area (Å²) in [5.41, 5.74) is 31.8. The second-order valence-electron chi connectivity index (χ2n) is 19.5. The zero-order chi connectivity index (χ0) is 43.0. The maximum absolute atomic E-state index is 2.56. The van der Waals surface area contributed by atoms with Crippen LogP contribution >= 0.6 is 0 Å². The lowest BCUT2D eigenvalue weighted by Crippen LogP contribution is -2.15. The molecule has 4 aliphatic carbocycles. The van der Waals surface area contributed by atoms with Gasteiger partial charge in [-0.3, -0.25) is 0 Å². The van der Waals surface area contributed by atoms with Crippen molar-refractivity contribution in [2.75, 3.05) is 0 Å². The highest BCUT2D eigenvalue weighted by molar-refractivity contribution is 6.06. The Morgan fingerprint density at radius 1 is 0.338 bits per heavy atom. The van der Waals surface area contributed by atoms with Gasteiger partial charge in [0.1, 0.15) is 0 Å². The summed E-state index contributed by atoms with van der Waals surface area (Å²) in [5, 5.41) is 2.65. The van der Waals surface area contributed by atoms with Crippen LogP contribution in [0.5, 0.6) is 0 Å². The third kappa shape index (κ3) is 5.38. The molecule has 0 radical (unpaired) electrons. The van der Waals surface area contributed by atoms with Gasteiger partial charge in [0.15, 0.2) is 0 Å². The molecule has 1 unspecified atom stereocenters. The number of fused-ring (bicyclic) bond motifs is 13. The standard InChI is InChI=1S/C65H46/c1-65(2)61-24-10-9-19-54(61)55-32-30-45(38-62(55)65)63(40-27-25-39(26-28-40)47-20-11-21-52-48-16-6-3-13-41(48)34-57(47)52)44-29-31-50-46(33-44)37-60-58(50)36-43-15-5-8-18-51(43)64(60)56-23-12-22-53-49-17-7-4-14-42(49)35-59(53)56/h3-33,36,38,63H,34-35,37H2,1-2H3. The first-order chi connectivity index (χ1) is 32.0. The summed E-state index contributed by atoms with van der Waals surface area (Å²) in [6.07, 6.45) is 2.86. The van der Waals surface area contributed by atoms with E-state index in [2.05, 4.69) is 214 Å². The average molecular weight is 827 g/mol. The van der Waals surface area contributed by atoms with Gasteiger partial charge in [-0.05, 0) is 164 Å². The molecule has 14 rings (SSSR count). The predicted molar refractivity (Wildman–Crippen MR) is 271 cm³/mol. The molecule has 0 heteroatoms. The van der Waals surface area contributed by atoms with Crippen LogP contribution < -0.4 is 0 Å². The van der Waals surface area contributed by atoms with Gasteiger partial charge >= 0.3 is 0 Å². The molecule has 0 N–H and O–H groups in total. The van der Waals surface area contributed by atoms with Crippen molar-refractivity contribution in [3.63, 3.8) is 0 Å². The monoisotopic (exact) mass is 826 g/mol. The van der Waals surface area contributed by atoms with E-state index in [1.165, 1.54) is 139 Å². The minimum Gasteiger partial charge on any atom is -0.0619 e. The summed E-state index contributed by atoms with van der Waals surface area (Å²) < 4.78 is 0. The number of benzene rings is 10. The van der Waals surface area contributed by atoms with Gasteiger partial charge in [-0.2, -0.15) is 0 Å². The molecule has 0 heterocycles. The van der Waals surface area contributed by atoms with Gasteiger partial charge in [0, 0.05) is 11.3 Å². The van der Waals surface area contributed by atoms with Crippen molar-refractivity contribution in [3.8, 4) is 66.8 Å². The number of hydrogen-bond donors (Lipinski definition) is 0. The van der Waals surface area contributed by atoms with Crippen LogP contribution in [0, 0.1) is 0 Å². The van der Waals surface area contributed by atoms with Crippen LogP contribution in [0.2, 0.25) is 0 Å². The summed E-state index contributed by atoms with van der Waals surface area (Å²) in [4.78, 5) is 0. The van der Waals surface area contributed by atoms with Crippen molar-refractivity contribution in [2.45, 2.75) is 44.4 Å². The van der Waals surface area contributed by atoms with Gasteiger partial charge in [0.25, 0.3) is 0 Å². The molecule has 0 saturated carbocycles. The Kier molecular flexibility index (Phi) is 7.79. The quantitative estimate of drug-likeness (QED) is 0.152. The maximum Gasteiger partial charge on any atom is 0.0340 e. The van der Waals surface area contributed by atoms with E-state index in [1.807, 2.05) is 0 Å². The molecule has 306 valence electrons. The van der Waals surface area contributed by atoms with E-state index in [0.717, 1.165) is 19.3 Å². The first-order valence-electron chi connectivity index (χ1n) is 23.4. The van der Waals surface area contributed by atoms with E-state index >= 15 is 0 Å². The molecule has 4 aliphatic rings. The van der Waals surface area contributed by atoms with E-state index in [9.17, 15) is 0 Å². The summed E-state index contributed by atoms with van der Waals surface area (Å²) in [6.45, 7) is 4.80. The Morgan fingerprint density at radius 2 is 0.862 bits per heavy atom. The van der Waals surface area contributed by atoms with Crippen LogP contribution in [0.15, 0.2) is 200 Å². The van der Waals surface area contributed by atoms with Gasteiger partial charge in [-0.1, -0.05) is 208 Å². The smallest absolute Gasteiger partial charge is 0.0340 e. The molecule has 65 heavy (non-hydrogen) atoms. The lowest BCUT2D eigenvalue weighted by molar-refractivity contribution is 0.659. The van der Waals surface area contributed by atoms with Gasteiger partial charge in [0.2, 0.25) is 0 Å². The summed E-state index contributed by atoms with van der Waals surface area (Å²) in [7, 11) is 0. The fraction of sp³-hybridized carbons (Fsp3) is 0.108.